The summed E-state index contributed by atoms with van der Waals surface area (Å²) in [6, 6.07) is 20.5. The molecule has 0 aliphatic heterocycles. The monoisotopic (exact) mass is 303 g/mol. The first kappa shape index (κ1) is 16.1. The van der Waals surface area contributed by atoms with Crippen molar-refractivity contribution in [2.24, 2.45) is 0 Å². The summed E-state index contributed by atoms with van der Waals surface area (Å²) in [5.41, 5.74) is 0. The van der Waals surface area contributed by atoms with Gasteiger partial charge in [0.15, 0.2) is 0 Å². The average molecular weight is 303 g/mol. The number of hydrogen-bond acceptors (Lipinski definition) is 2. The molecule has 0 heterocycles. The Morgan fingerprint density at radius 2 is 1.00 bits per heavy atom. The number of methoxy groups -OCH3 is 2. The zero-order valence-electron chi connectivity index (χ0n) is 10.0. The molecule has 2 aromatic rings. The van der Waals surface area contributed by atoms with Crippen LogP contribution >= 0.6 is 0 Å². The summed E-state index contributed by atoms with van der Waals surface area (Å²) in [4.78, 5) is 0. The van der Waals surface area contributed by atoms with Gasteiger partial charge in [0.2, 0.25) is 0 Å². The molecule has 0 aliphatic rings. The van der Waals surface area contributed by atoms with Crippen LogP contribution < -0.4 is 9.47 Å². The van der Waals surface area contributed by atoms with Crippen LogP contribution in [0.15, 0.2) is 48.5 Å². The van der Waals surface area contributed by atoms with Crippen LogP contribution in [0.4, 0.5) is 0 Å². The molecule has 84 valence electrons. The summed E-state index contributed by atoms with van der Waals surface area (Å²) in [6.07, 6.45) is 0. The van der Waals surface area contributed by atoms with E-state index in [0.29, 0.717) is 0 Å². The van der Waals surface area contributed by atoms with Crippen LogP contribution in [0.3, 0.4) is 0 Å². The van der Waals surface area contributed by atoms with E-state index >= 15 is 0 Å². The topological polar surface area (TPSA) is 18.5 Å². The van der Waals surface area contributed by atoms with Crippen molar-refractivity contribution < 1.29 is 42.2 Å². The summed E-state index contributed by atoms with van der Waals surface area (Å²) in [6.45, 7) is 0. The van der Waals surface area contributed by atoms with Crippen LogP contribution in [-0.4, -0.2) is 14.2 Å². The van der Waals surface area contributed by atoms with Crippen LogP contribution in [0.1, 0.15) is 0 Å². The molecule has 0 bridgehead atoms. The third-order valence-corrected chi connectivity index (χ3v) is 1.85. The summed E-state index contributed by atoms with van der Waals surface area (Å²) < 4.78 is 9.79. The molecule has 2 rings (SSSR count). The summed E-state index contributed by atoms with van der Waals surface area (Å²) in [7, 11) is 3.30. The van der Waals surface area contributed by atoms with Crippen molar-refractivity contribution >= 4 is 0 Å². The van der Waals surface area contributed by atoms with E-state index < -0.39 is 0 Å². The molecule has 3 heteroatoms. The van der Waals surface area contributed by atoms with Gasteiger partial charge in [0, 0.05) is 11.5 Å². The van der Waals surface area contributed by atoms with Gasteiger partial charge in [0.25, 0.3) is 0 Å². The van der Waals surface area contributed by atoms with Gasteiger partial charge in [-0.2, -0.15) is 36.4 Å². The fourth-order valence-corrected chi connectivity index (χ4v) is 1.02. The molecule has 0 aliphatic carbocycles. The molecular weight excluding hydrogens is 289 g/mol. The maximum Gasteiger partial charge on any atom is 3.00 e. The summed E-state index contributed by atoms with van der Waals surface area (Å²) >= 11 is 0. The van der Waals surface area contributed by atoms with Crippen molar-refractivity contribution in [2.75, 3.05) is 14.2 Å². The van der Waals surface area contributed by atoms with Gasteiger partial charge in [-0.05, 0) is 0 Å². The molecule has 0 saturated carbocycles. The Balaban J connectivity index is 0.000000284. The minimum atomic E-state index is 0. The van der Waals surface area contributed by atoms with Crippen LogP contribution in [0, 0.1) is 12.1 Å². The van der Waals surface area contributed by atoms with Crippen molar-refractivity contribution in [3.8, 4) is 11.5 Å². The molecule has 2 aromatic carbocycles. The minimum Gasteiger partial charge on any atom is -0.522 e. The van der Waals surface area contributed by atoms with Crippen molar-refractivity contribution in [2.45, 2.75) is 0 Å². The third kappa shape index (κ3) is 7.14. The van der Waals surface area contributed by atoms with Gasteiger partial charge >= 0.3 is 32.7 Å². The minimum absolute atomic E-state index is 0. The Hall–Kier alpha value is -0.856. The molecular formula is C14H14O2Y+. The van der Waals surface area contributed by atoms with Gasteiger partial charge in [-0.15, -0.1) is 24.3 Å². The molecule has 0 spiro atoms. The molecule has 0 fully saturated rings. The molecule has 0 atom stereocenters. The predicted molar refractivity (Wildman–Crippen MR) is 63.7 cm³/mol. The quantitative estimate of drug-likeness (QED) is 0.794. The molecule has 0 aromatic heterocycles. The number of rotatable bonds is 2. The zero-order chi connectivity index (χ0) is 11.6. The molecule has 0 amide bonds. The Morgan fingerprint density at radius 1 is 0.706 bits per heavy atom. The van der Waals surface area contributed by atoms with Gasteiger partial charge < -0.3 is 9.47 Å². The smallest absolute Gasteiger partial charge is 0.522 e. The van der Waals surface area contributed by atoms with Gasteiger partial charge in [-0.3, -0.25) is 0 Å². The predicted octanol–water partition coefficient (Wildman–Crippen LogP) is 2.99. The number of benzene rings is 2. The Bertz CT molecular complexity index is 336. The van der Waals surface area contributed by atoms with Crippen LogP contribution in [0.25, 0.3) is 0 Å². The normalized spacial score (nSPS) is 8.12. The van der Waals surface area contributed by atoms with E-state index in [4.69, 9.17) is 9.47 Å². The first-order chi connectivity index (χ1) is 7.86. The van der Waals surface area contributed by atoms with E-state index in [1.165, 1.54) is 0 Å². The van der Waals surface area contributed by atoms with E-state index in [2.05, 4.69) is 12.1 Å². The van der Waals surface area contributed by atoms with Gasteiger partial charge in [-0.25, -0.2) is 0 Å². The molecule has 0 saturated heterocycles. The zero-order valence-corrected chi connectivity index (χ0v) is 12.9. The fraction of sp³-hybridized carbons (Fsp3) is 0.143. The maximum absolute atomic E-state index is 4.89. The van der Waals surface area contributed by atoms with E-state index in [1.807, 2.05) is 48.5 Å². The van der Waals surface area contributed by atoms with Crippen LogP contribution in [-0.2, 0) is 32.7 Å². The van der Waals surface area contributed by atoms with Crippen LogP contribution in [0.5, 0.6) is 11.5 Å². The van der Waals surface area contributed by atoms with Crippen molar-refractivity contribution in [1.82, 2.24) is 0 Å². The van der Waals surface area contributed by atoms with Gasteiger partial charge in [-0.1, -0.05) is 0 Å². The molecule has 17 heavy (non-hydrogen) atoms. The first-order valence-corrected chi connectivity index (χ1v) is 4.87. The van der Waals surface area contributed by atoms with E-state index in [0.717, 1.165) is 11.5 Å². The van der Waals surface area contributed by atoms with Crippen molar-refractivity contribution in [3.63, 3.8) is 0 Å². The second-order valence-corrected chi connectivity index (χ2v) is 2.88. The van der Waals surface area contributed by atoms with E-state index in [9.17, 15) is 0 Å². The number of hydrogen-bond donors (Lipinski definition) is 0. The maximum atomic E-state index is 4.89. The standard InChI is InChI=1S/2C7H7O.Y/c2*1-8-7-5-3-2-4-6-7;/h2*3-6H,1H3;/q2*-1;+3. The second-order valence-electron chi connectivity index (χ2n) is 2.88. The van der Waals surface area contributed by atoms with Gasteiger partial charge in [0.05, 0.1) is 14.2 Å². The van der Waals surface area contributed by atoms with E-state index in [-0.39, 0.29) is 32.7 Å². The summed E-state index contributed by atoms with van der Waals surface area (Å²) in [5, 5.41) is 0. The van der Waals surface area contributed by atoms with Crippen molar-refractivity contribution in [3.05, 3.63) is 60.7 Å². The molecule has 0 N–H and O–H groups in total. The Morgan fingerprint density at radius 3 is 1.18 bits per heavy atom. The molecule has 0 radical (unpaired) electrons. The first-order valence-electron chi connectivity index (χ1n) is 4.87. The Labute approximate surface area is 128 Å². The van der Waals surface area contributed by atoms with E-state index in [1.54, 1.807) is 14.2 Å². The largest absolute Gasteiger partial charge is 3.00 e. The number of ether oxygens (including phenoxy) is 2. The fourth-order valence-electron chi connectivity index (χ4n) is 1.02. The average Bonchev–Trinajstić information content (AvgIpc) is 2.41. The van der Waals surface area contributed by atoms with Gasteiger partial charge in [0.1, 0.15) is 0 Å². The Kier molecular flexibility index (Phi) is 9.79. The third-order valence-electron chi connectivity index (χ3n) is 1.85. The molecule has 2 nitrogen and oxygen atoms in total. The SMILES string of the molecule is COc1cc[c-]cc1.COc1cc[c-]cc1.[Y+3]. The van der Waals surface area contributed by atoms with Crippen LogP contribution in [0.2, 0.25) is 0 Å². The summed E-state index contributed by atoms with van der Waals surface area (Å²) in [5.74, 6) is 1.76. The van der Waals surface area contributed by atoms with Crippen molar-refractivity contribution in [1.29, 1.82) is 0 Å². The molecule has 0 unspecified atom stereocenters. The second kappa shape index (κ2) is 10.3.